The quantitative estimate of drug-likeness (QED) is 0.915. The molecule has 0 atom stereocenters. The lowest BCUT2D eigenvalue weighted by Gasteiger charge is -2.08. The second kappa shape index (κ2) is 6.83. The van der Waals surface area contributed by atoms with Crippen LogP contribution in [0.15, 0.2) is 42.5 Å². The summed E-state index contributed by atoms with van der Waals surface area (Å²) in [5.74, 6) is -1.84. The Morgan fingerprint density at radius 3 is 2.43 bits per heavy atom. The Bertz CT molecular complexity index is 627. The van der Waals surface area contributed by atoms with E-state index in [1.165, 1.54) is 11.6 Å². The number of halogens is 2. The summed E-state index contributed by atoms with van der Waals surface area (Å²) in [4.78, 5) is 11.7. The molecule has 0 saturated heterocycles. The molecule has 0 radical (unpaired) electrons. The molecule has 110 valence electrons. The molecule has 5 heteroatoms. The standard InChI is InChI=1S/C16H15F2NO2/c1-2-11-3-6-13(7-4-11)21-10-16(20)19-12-5-8-14(17)15(18)9-12/h3-9H,2,10H2,1H3,(H,19,20). The summed E-state index contributed by atoms with van der Waals surface area (Å²) in [7, 11) is 0. The van der Waals surface area contributed by atoms with Gasteiger partial charge in [-0.1, -0.05) is 19.1 Å². The van der Waals surface area contributed by atoms with Crippen molar-refractivity contribution in [3.8, 4) is 5.75 Å². The van der Waals surface area contributed by atoms with Crippen molar-refractivity contribution in [1.82, 2.24) is 0 Å². The van der Waals surface area contributed by atoms with Crippen LogP contribution in [0, 0.1) is 11.6 Å². The molecule has 2 aromatic carbocycles. The molecule has 21 heavy (non-hydrogen) atoms. The fourth-order valence-corrected chi connectivity index (χ4v) is 1.74. The van der Waals surface area contributed by atoms with Gasteiger partial charge in [0, 0.05) is 11.8 Å². The summed E-state index contributed by atoms with van der Waals surface area (Å²) in [6.07, 6.45) is 0.927. The highest BCUT2D eigenvalue weighted by Crippen LogP contribution is 2.14. The van der Waals surface area contributed by atoms with Crippen LogP contribution in [0.5, 0.6) is 5.75 Å². The Hall–Kier alpha value is -2.43. The molecule has 0 aromatic heterocycles. The Labute approximate surface area is 121 Å². The number of rotatable bonds is 5. The molecule has 0 aliphatic heterocycles. The van der Waals surface area contributed by atoms with Gasteiger partial charge in [0.1, 0.15) is 5.75 Å². The second-order valence-electron chi connectivity index (χ2n) is 4.46. The minimum atomic E-state index is -1.01. The highest BCUT2D eigenvalue weighted by molar-refractivity contribution is 5.91. The number of aryl methyl sites for hydroxylation is 1. The van der Waals surface area contributed by atoms with E-state index in [-0.39, 0.29) is 12.3 Å². The van der Waals surface area contributed by atoms with Gasteiger partial charge in [-0.2, -0.15) is 0 Å². The van der Waals surface area contributed by atoms with E-state index in [0.717, 1.165) is 18.6 Å². The fraction of sp³-hybridized carbons (Fsp3) is 0.188. The molecule has 0 unspecified atom stereocenters. The van der Waals surface area contributed by atoms with Crippen LogP contribution < -0.4 is 10.1 Å². The fourth-order valence-electron chi connectivity index (χ4n) is 1.74. The predicted molar refractivity (Wildman–Crippen MR) is 76.3 cm³/mol. The topological polar surface area (TPSA) is 38.3 Å². The van der Waals surface area contributed by atoms with Crippen LogP contribution in [-0.2, 0) is 11.2 Å². The van der Waals surface area contributed by atoms with Crippen molar-refractivity contribution in [2.45, 2.75) is 13.3 Å². The molecule has 0 saturated carbocycles. The number of anilines is 1. The van der Waals surface area contributed by atoms with Crippen LogP contribution >= 0.6 is 0 Å². The zero-order valence-electron chi connectivity index (χ0n) is 11.5. The Morgan fingerprint density at radius 2 is 1.81 bits per heavy atom. The van der Waals surface area contributed by atoms with Crippen LogP contribution in [0.3, 0.4) is 0 Å². The summed E-state index contributed by atoms with van der Waals surface area (Å²) in [5.41, 5.74) is 1.36. The molecular weight excluding hydrogens is 276 g/mol. The molecule has 0 aliphatic carbocycles. The maximum atomic E-state index is 13.0. The van der Waals surface area contributed by atoms with E-state index in [2.05, 4.69) is 5.32 Å². The number of benzene rings is 2. The number of nitrogens with one attached hydrogen (secondary N) is 1. The third-order valence-corrected chi connectivity index (χ3v) is 2.90. The van der Waals surface area contributed by atoms with E-state index in [1.807, 2.05) is 19.1 Å². The molecule has 0 bridgehead atoms. The highest BCUT2D eigenvalue weighted by atomic mass is 19.2. The first-order valence-electron chi connectivity index (χ1n) is 6.55. The van der Waals surface area contributed by atoms with Gasteiger partial charge in [0.25, 0.3) is 5.91 Å². The lowest BCUT2D eigenvalue weighted by atomic mass is 10.2. The van der Waals surface area contributed by atoms with Gasteiger partial charge in [0.2, 0.25) is 0 Å². The lowest BCUT2D eigenvalue weighted by molar-refractivity contribution is -0.118. The van der Waals surface area contributed by atoms with Crippen LogP contribution in [0.1, 0.15) is 12.5 Å². The van der Waals surface area contributed by atoms with Gasteiger partial charge in [0.15, 0.2) is 18.2 Å². The molecule has 0 heterocycles. The predicted octanol–water partition coefficient (Wildman–Crippen LogP) is 3.54. The maximum Gasteiger partial charge on any atom is 0.262 e. The Morgan fingerprint density at radius 1 is 1.10 bits per heavy atom. The SMILES string of the molecule is CCc1ccc(OCC(=O)Nc2ccc(F)c(F)c2)cc1. The van der Waals surface area contributed by atoms with E-state index in [1.54, 1.807) is 12.1 Å². The van der Waals surface area contributed by atoms with Crippen molar-refractivity contribution in [3.63, 3.8) is 0 Å². The minimum absolute atomic E-state index is 0.184. The zero-order valence-corrected chi connectivity index (χ0v) is 11.5. The van der Waals surface area contributed by atoms with E-state index in [0.29, 0.717) is 5.75 Å². The molecule has 2 aromatic rings. The van der Waals surface area contributed by atoms with Gasteiger partial charge in [-0.05, 0) is 36.2 Å². The van der Waals surface area contributed by atoms with Crippen molar-refractivity contribution >= 4 is 11.6 Å². The average Bonchev–Trinajstić information content (AvgIpc) is 2.49. The van der Waals surface area contributed by atoms with Crippen molar-refractivity contribution in [1.29, 1.82) is 0 Å². The van der Waals surface area contributed by atoms with Crippen LogP contribution in [-0.4, -0.2) is 12.5 Å². The van der Waals surface area contributed by atoms with Gasteiger partial charge < -0.3 is 10.1 Å². The zero-order chi connectivity index (χ0) is 15.2. The van der Waals surface area contributed by atoms with Gasteiger partial charge in [-0.25, -0.2) is 8.78 Å². The minimum Gasteiger partial charge on any atom is -0.484 e. The van der Waals surface area contributed by atoms with E-state index in [9.17, 15) is 13.6 Å². The maximum absolute atomic E-state index is 13.0. The van der Waals surface area contributed by atoms with Gasteiger partial charge in [0.05, 0.1) is 0 Å². The van der Waals surface area contributed by atoms with Crippen molar-refractivity contribution in [2.24, 2.45) is 0 Å². The second-order valence-corrected chi connectivity index (χ2v) is 4.46. The largest absolute Gasteiger partial charge is 0.484 e. The third-order valence-electron chi connectivity index (χ3n) is 2.90. The van der Waals surface area contributed by atoms with Gasteiger partial charge in [-0.3, -0.25) is 4.79 Å². The smallest absolute Gasteiger partial charge is 0.262 e. The highest BCUT2D eigenvalue weighted by Gasteiger charge is 2.07. The number of amides is 1. The average molecular weight is 291 g/mol. The molecule has 1 amide bonds. The number of hydrogen-bond donors (Lipinski definition) is 1. The first kappa shape index (κ1) is 15.0. The van der Waals surface area contributed by atoms with Gasteiger partial charge >= 0.3 is 0 Å². The number of carbonyl (C=O) groups excluding carboxylic acids is 1. The summed E-state index contributed by atoms with van der Waals surface area (Å²) < 4.78 is 31.1. The van der Waals surface area contributed by atoms with Gasteiger partial charge in [-0.15, -0.1) is 0 Å². The van der Waals surface area contributed by atoms with Crippen molar-refractivity contribution < 1.29 is 18.3 Å². The summed E-state index contributed by atoms with van der Waals surface area (Å²) >= 11 is 0. The molecule has 0 fully saturated rings. The molecule has 3 nitrogen and oxygen atoms in total. The molecule has 0 spiro atoms. The summed E-state index contributed by atoms with van der Waals surface area (Å²) in [6.45, 7) is 1.84. The summed E-state index contributed by atoms with van der Waals surface area (Å²) in [5, 5.41) is 2.43. The van der Waals surface area contributed by atoms with E-state index < -0.39 is 17.5 Å². The Kier molecular flexibility index (Phi) is 4.87. The lowest BCUT2D eigenvalue weighted by Crippen LogP contribution is -2.20. The molecular formula is C16H15F2NO2. The third kappa shape index (κ3) is 4.27. The van der Waals surface area contributed by atoms with Crippen molar-refractivity contribution in [3.05, 3.63) is 59.7 Å². The molecule has 2 rings (SSSR count). The summed E-state index contributed by atoms with van der Waals surface area (Å²) in [6, 6.07) is 10.6. The van der Waals surface area contributed by atoms with E-state index in [4.69, 9.17) is 4.74 Å². The number of carbonyl (C=O) groups is 1. The Balaban J connectivity index is 1.87. The number of ether oxygens (including phenoxy) is 1. The van der Waals surface area contributed by atoms with Crippen molar-refractivity contribution in [2.75, 3.05) is 11.9 Å². The molecule has 0 aliphatic rings. The van der Waals surface area contributed by atoms with E-state index >= 15 is 0 Å². The first-order valence-corrected chi connectivity index (χ1v) is 6.55. The van der Waals surface area contributed by atoms with Crippen LogP contribution in [0.25, 0.3) is 0 Å². The van der Waals surface area contributed by atoms with Crippen LogP contribution in [0.2, 0.25) is 0 Å². The normalized spacial score (nSPS) is 10.2. The number of hydrogen-bond acceptors (Lipinski definition) is 2. The molecule has 1 N–H and O–H groups in total. The van der Waals surface area contributed by atoms with Crippen LogP contribution in [0.4, 0.5) is 14.5 Å². The monoisotopic (exact) mass is 291 g/mol. The first-order chi connectivity index (χ1) is 10.1.